The number of nitrogens with zero attached hydrogens (tertiary/aromatic N) is 3. The van der Waals surface area contributed by atoms with Crippen molar-refractivity contribution in [3.05, 3.63) is 107 Å². The molecule has 0 unspecified atom stereocenters. The number of hydrogen-bond acceptors (Lipinski definition) is 5. The quantitative estimate of drug-likeness (QED) is 0.189. The molecule has 0 radical (unpaired) electrons. The van der Waals surface area contributed by atoms with Gasteiger partial charge in [0.15, 0.2) is 17.4 Å². The van der Waals surface area contributed by atoms with Gasteiger partial charge in [0.05, 0.1) is 5.52 Å². The maximum atomic E-state index is 13.7. The lowest BCUT2D eigenvalue weighted by atomic mass is 9.96. The van der Waals surface area contributed by atoms with Gasteiger partial charge < -0.3 is 9.30 Å². The summed E-state index contributed by atoms with van der Waals surface area (Å²) in [6.45, 7) is 4.66. The normalized spacial score (nSPS) is 11.4. The SMILES string of the molecule is CC(C)c1c(C(=O)CCc2ccc(F)c(F)c2)c2ccc(Oc3nccs3)cc2n1Cc1cccnc1. The third kappa shape index (κ3) is 5.29. The Morgan fingerprint density at radius 2 is 1.92 bits per heavy atom. The number of carbonyl (C=O) groups is 1. The smallest absolute Gasteiger partial charge is 0.278 e. The zero-order valence-corrected chi connectivity index (χ0v) is 21.3. The van der Waals surface area contributed by atoms with E-state index in [0.717, 1.165) is 34.3 Å². The fourth-order valence-electron chi connectivity index (χ4n) is 4.59. The molecule has 0 atom stereocenters. The maximum absolute atomic E-state index is 13.7. The highest BCUT2D eigenvalue weighted by Crippen LogP contribution is 2.36. The minimum atomic E-state index is -0.909. The molecule has 0 spiro atoms. The molecule has 0 amide bonds. The predicted octanol–water partition coefficient (Wildman–Crippen LogP) is 7.55. The molecule has 2 aromatic carbocycles. The van der Waals surface area contributed by atoms with Crippen molar-refractivity contribution in [2.24, 2.45) is 0 Å². The van der Waals surface area contributed by atoms with E-state index in [0.29, 0.717) is 35.0 Å². The van der Waals surface area contributed by atoms with Crippen LogP contribution in [0.4, 0.5) is 8.78 Å². The lowest BCUT2D eigenvalue weighted by Crippen LogP contribution is -2.11. The largest absolute Gasteiger partial charge is 0.431 e. The van der Waals surface area contributed by atoms with E-state index < -0.39 is 11.6 Å². The second kappa shape index (κ2) is 10.6. The van der Waals surface area contributed by atoms with Gasteiger partial charge in [0.25, 0.3) is 5.19 Å². The van der Waals surface area contributed by atoms with Gasteiger partial charge in [-0.3, -0.25) is 9.78 Å². The summed E-state index contributed by atoms with van der Waals surface area (Å²) in [6, 6.07) is 13.3. The first-order valence-corrected chi connectivity index (χ1v) is 12.9. The van der Waals surface area contributed by atoms with Crippen LogP contribution < -0.4 is 4.74 Å². The Balaban J connectivity index is 1.57. The molecule has 0 saturated heterocycles. The van der Waals surface area contributed by atoms with Gasteiger partial charge in [0.1, 0.15) is 5.75 Å². The molecule has 0 fully saturated rings. The second-order valence-corrected chi connectivity index (χ2v) is 9.97. The number of aryl methyl sites for hydroxylation is 1. The van der Waals surface area contributed by atoms with Crippen molar-refractivity contribution in [2.45, 2.75) is 39.2 Å². The van der Waals surface area contributed by atoms with E-state index in [-0.39, 0.29) is 18.1 Å². The first kappa shape index (κ1) is 24.8. The third-order valence-electron chi connectivity index (χ3n) is 6.21. The van der Waals surface area contributed by atoms with E-state index >= 15 is 0 Å². The molecule has 0 aliphatic rings. The standard InChI is InChI=1S/C29H25F2N3O2S/c1-18(2)28-27(26(35)10-6-19-5-9-23(30)24(31)14-19)22-8-7-21(36-29-33-12-13-37-29)15-25(22)34(28)17-20-4-3-11-32-16-20/h3-5,7-9,11-16,18H,6,10,17H2,1-2H3. The van der Waals surface area contributed by atoms with Crippen LogP contribution in [0.5, 0.6) is 10.9 Å². The van der Waals surface area contributed by atoms with E-state index in [9.17, 15) is 13.6 Å². The zero-order valence-electron chi connectivity index (χ0n) is 20.4. The van der Waals surface area contributed by atoms with Crippen molar-refractivity contribution in [2.75, 3.05) is 0 Å². The Hall–Kier alpha value is -3.91. The Labute approximate surface area is 217 Å². The number of thiazole rings is 1. The van der Waals surface area contributed by atoms with Crippen molar-refractivity contribution in [1.29, 1.82) is 0 Å². The number of hydrogen-bond donors (Lipinski definition) is 0. The predicted molar refractivity (Wildman–Crippen MR) is 141 cm³/mol. The number of fused-ring (bicyclic) bond motifs is 1. The van der Waals surface area contributed by atoms with Crippen LogP contribution in [-0.4, -0.2) is 20.3 Å². The molecule has 5 nitrogen and oxygen atoms in total. The summed E-state index contributed by atoms with van der Waals surface area (Å²) in [5, 5.41) is 3.21. The molecule has 0 saturated carbocycles. The summed E-state index contributed by atoms with van der Waals surface area (Å²) in [7, 11) is 0. The average Bonchev–Trinajstić information content (AvgIpc) is 3.51. The summed E-state index contributed by atoms with van der Waals surface area (Å²) in [4.78, 5) is 22.1. The molecule has 0 bridgehead atoms. The van der Waals surface area contributed by atoms with Gasteiger partial charge in [-0.1, -0.05) is 37.3 Å². The molecular weight excluding hydrogens is 492 g/mol. The van der Waals surface area contributed by atoms with E-state index in [1.807, 2.05) is 41.9 Å². The molecule has 0 aliphatic heterocycles. The van der Waals surface area contributed by atoms with Crippen molar-refractivity contribution in [3.63, 3.8) is 0 Å². The summed E-state index contributed by atoms with van der Waals surface area (Å²) in [6.07, 6.45) is 5.72. The number of ketones is 1. The first-order chi connectivity index (χ1) is 17.9. The Morgan fingerprint density at radius 3 is 2.62 bits per heavy atom. The number of aromatic nitrogens is 3. The monoisotopic (exact) mass is 517 g/mol. The molecule has 3 heterocycles. The molecule has 37 heavy (non-hydrogen) atoms. The molecule has 3 aromatic heterocycles. The fraction of sp³-hybridized carbons (Fsp3) is 0.207. The van der Waals surface area contributed by atoms with Crippen LogP contribution in [0.3, 0.4) is 0 Å². The van der Waals surface area contributed by atoms with E-state index in [2.05, 4.69) is 28.4 Å². The molecule has 5 aromatic rings. The highest BCUT2D eigenvalue weighted by molar-refractivity contribution is 7.11. The molecule has 0 N–H and O–H groups in total. The van der Waals surface area contributed by atoms with Crippen LogP contribution in [0.25, 0.3) is 10.9 Å². The lowest BCUT2D eigenvalue weighted by Gasteiger charge is -2.15. The van der Waals surface area contributed by atoms with Crippen molar-refractivity contribution >= 4 is 28.0 Å². The zero-order chi connectivity index (χ0) is 25.9. The Bertz CT molecular complexity index is 1550. The Kier molecular flexibility index (Phi) is 7.10. The molecule has 5 rings (SSSR count). The number of benzene rings is 2. The maximum Gasteiger partial charge on any atom is 0.278 e. The van der Waals surface area contributed by atoms with Crippen LogP contribution in [0.1, 0.15) is 53.4 Å². The number of carbonyl (C=O) groups excluding carboxylic acids is 1. The highest BCUT2D eigenvalue weighted by Gasteiger charge is 2.25. The van der Waals surface area contributed by atoms with Gasteiger partial charge in [-0.2, -0.15) is 0 Å². The van der Waals surface area contributed by atoms with Gasteiger partial charge in [-0.25, -0.2) is 13.8 Å². The van der Waals surface area contributed by atoms with E-state index in [1.165, 1.54) is 17.4 Å². The number of pyridine rings is 1. The number of ether oxygens (including phenoxy) is 1. The van der Waals surface area contributed by atoms with Crippen LogP contribution >= 0.6 is 11.3 Å². The summed E-state index contributed by atoms with van der Waals surface area (Å²) in [5.74, 6) is -1.17. The molecular formula is C29H25F2N3O2S. The highest BCUT2D eigenvalue weighted by atomic mass is 32.1. The molecule has 8 heteroatoms. The van der Waals surface area contributed by atoms with Crippen LogP contribution in [0, 0.1) is 11.6 Å². The van der Waals surface area contributed by atoms with Crippen molar-refractivity contribution < 1.29 is 18.3 Å². The van der Waals surface area contributed by atoms with Crippen LogP contribution in [0.2, 0.25) is 0 Å². The van der Waals surface area contributed by atoms with E-state index in [1.54, 1.807) is 12.4 Å². The number of Topliss-reactive ketones (excluding diaryl/α,β-unsaturated/α-hetero) is 1. The minimum absolute atomic E-state index is 0.0445. The second-order valence-electron chi connectivity index (χ2n) is 9.11. The number of halogens is 2. The topological polar surface area (TPSA) is 57.0 Å². The average molecular weight is 518 g/mol. The summed E-state index contributed by atoms with van der Waals surface area (Å²) >= 11 is 1.40. The third-order valence-corrected chi connectivity index (χ3v) is 6.85. The fourth-order valence-corrected chi connectivity index (χ4v) is 5.09. The summed E-state index contributed by atoms with van der Waals surface area (Å²) in [5.41, 5.74) is 4.03. The van der Waals surface area contributed by atoms with Crippen LogP contribution in [0.15, 0.2) is 72.5 Å². The van der Waals surface area contributed by atoms with Gasteiger partial charge in [-0.15, -0.1) is 0 Å². The van der Waals surface area contributed by atoms with Gasteiger partial charge >= 0.3 is 0 Å². The molecule has 188 valence electrons. The van der Waals surface area contributed by atoms with Crippen LogP contribution in [-0.2, 0) is 13.0 Å². The summed E-state index contributed by atoms with van der Waals surface area (Å²) < 4.78 is 35.2. The first-order valence-electron chi connectivity index (χ1n) is 12.0. The van der Waals surface area contributed by atoms with Crippen molar-refractivity contribution in [1.82, 2.24) is 14.5 Å². The van der Waals surface area contributed by atoms with E-state index in [4.69, 9.17) is 4.74 Å². The minimum Gasteiger partial charge on any atom is -0.431 e. The lowest BCUT2D eigenvalue weighted by molar-refractivity contribution is 0.0982. The molecule has 0 aliphatic carbocycles. The number of rotatable bonds is 9. The van der Waals surface area contributed by atoms with Gasteiger partial charge in [-0.05, 0) is 53.8 Å². The van der Waals surface area contributed by atoms with Gasteiger partial charge in [0, 0.05) is 59.6 Å². The van der Waals surface area contributed by atoms with Crippen molar-refractivity contribution in [3.8, 4) is 10.9 Å². The Morgan fingerprint density at radius 1 is 1.05 bits per heavy atom. The van der Waals surface area contributed by atoms with Gasteiger partial charge in [0.2, 0.25) is 0 Å².